The van der Waals surface area contributed by atoms with Crippen LogP contribution in [0.5, 0.6) is 5.75 Å². The highest BCUT2D eigenvalue weighted by molar-refractivity contribution is 9.10. The van der Waals surface area contributed by atoms with Gasteiger partial charge in [-0.1, -0.05) is 34.1 Å². The van der Waals surface area contributed by atoms with Crippen LogP contribution in [0.4, 0.5) is 0 Å². The highest BCUT2D eigenvalue weighted by atomic mass is 79.9. The van der Waals surface area contributed by atoms with Crippen molar-refractivity contribution in [2.75, 3.05) is 26.3 Å². The van der Waals surface area contributed by atoms with Crippen LogP contribution in [0, 0.1) is 20.8 Å². The van der Waals surface area contributed by atoms with Gasteiger partial charge in [-0.25, -0.2) is 0 Å². The van der Waals surface area contributed by atoms with Gasteiger partial charge in [-0.05, 0) is 68.1 Å². The molecule has 2 aromatic rings. The summed E-state index contributed by atoms with van der Waals surface area (Å²) in [5.74, 6) is 0.860. The lowest BCUT2D eigenvalue weighted by molar-refractivity contribution is -0.0805. The van der Waals surface area contributed by atoms with Gasteiger partial charge in [-0.3, -0.25) is 4.90 Å². The first-order chi connectivity index (χ1) is 13.3. The van der Waals surface area contributed by atoms with Gasteiger partial charge in [-0.2, -0.15) is 0 Å². The van der Waals surface area contributed by atoms with Crippen molar-refractivity contribution in [1.29, 1.82) is 0 Å². The maximum atomic E-state index is 10.6. The first-order valence-corrected chi connectivity index (χ1v) is 10.6. The Hall–Kier alpha value is -1.11. The van der Waals surface area contributed by atoms with E-state index in [1.807, 2.05) is 18.2 Å². The molecule has 29 heavy (non-hydrogen) atoms. The molecule has 160 valence electrons. The van der Waals surface area contributed by atoms with Gasteiger partial charge in [0.2, 0.25) is 0 Å². The Morgan fingerprint density at radius 1 is 1.21 bits per heavy atom. The molecule has 0 amide bonds. The van der Waals surface area contributed by atoms with E-state index in [0.717, 1.165) is 27.9 Å². The van der Waals surface area contributed by atoms with Crippen molar-refractivity contribution in [1.82, 2.24) is 4.90 Å². The van der Waals surface area contributed by atoms with Gasteiger partial charge in [0.1, 0.15) is 18.5 Å². The molecule has 0 radical (unpaired) electrons. The second-order valence-electron chi connectivity index (χ2n) is 7.75. The van der Waals surface area contributed by atoms with E-state index in [-0.39, 0.29) is 31.2 Å². The number of morpholine rings is 1. The zero-order valence-electron chi connectivity index (χ0n) is 17.5. The van der Waals surface area contributed by atoms with E-state index in [1.165, 1.54) is 11.1 Å². The maximum Gasteiger partial charge on any atom is 0.122 e. The van der Waals surface area contributed by atoms with E-state index in [9.17, 15) is 5.11 Å². The molecule has 6 heteroatoms. The summed E-state index contributed by atoms with van der Waals surface area (Å²) < 4.78 is 13.0. The van der Waals surface area contributed by atoms with Gasteiger partial charge in [0.25, 0.3) is 0 Å². The molecule has 0 aliphatic carbocycles. The molecule has 1 aliphatic heterocycles. The minimum Gasteiger partial charge on any atom is -0.491 e. The number of halogens is 2. The molecule has 3 unspecified atom stereocenters. The summed E-state index contributed by atoms with van der Waals surface area (Å²) in [5, 5.41) is 10.6. The number of benzene rings is 2. The van der Waals surface area contributed by atoms with Crippen LogP contribution in [0.1, 0.15) is 35.3 Å². The van der Waals surface area contributed by atoms with Gasteiger partial charge >= 0.3 is 0 Å². The van der Waals surface area contributed by atoms with Gasteiger partial charge in [0, 0.05) is 23.6 Å². The van der Waals surface area contributed by atoms with Crippen molar-refractivity contribution in [2.24, 2.45) is 0 Å². The molecule has 3 rings (SSSR count). The molecule has 2 aromatic carbocycles. The van der Waals surface area contributed by atoms with Crippen molar-refractivity contribution in [3.8, 4) is 5.75 Å². The highest BCUT2D eigenvalue weighted by Gasteiger charge is 2.31. The summed E-state index contributed by atoms with van der Waals surface area (Å²) >= 11 is 3.48. The molecular formula is C23H31BrClNO3. The highest BCUT2D eigenvalue weighted by Crippen LogP contribution is 2.29. The van der Waals surface area contributed by atoms with Gasteiger partial charge in [0.15, 0.2) is 0 Å². The SMILES string of the molecule is Cc1cc(C)c(C)c(OCC(O)CN2CCOC(c3ccc(Br)cc3)C2C)c1.Cl. The number of aliphatic hydroxyl groups is 1. The number of aliphatic hydroxyl groups excluding tert-OH is 1. The Labute approximate surface area is 188 Å². The van der Waals surface area contributed by atoms with Gasteiger partial charge in [-0.15, -0.1) is 12.4 Å². The van der Waals surface area contributed by atoms with Crippen molar-refractivity contribution in [3.63, 3.8) is 0 Å². The third-order valence-electron chi connectivity index (χ3n) is 5.53. The quantitative estimate of drug-likeness (QED) is 0.627. The molecule has 1 fully saturated rings. The number of hydrogen-bond acceptors (Lipinski definition) is 4. The van der Waals surface area contributed by atoms with E-state index in [0.29, 0.717) is 13.2 Å². The Bertz CT molecular complexity index is 799. The van der Waals surface area contributed by atoms with Gasteiger partial charge < -0.3 is 14.6 Å². The first kappa shape index (κ1) is 24.2. The van der Waals surface area contributed by atoms with Crippen LogP contribution < -0.4 is 4.74 Å². The van der Waals surface area contributed by atoms with Crippen LogP contribution >= 0.6 is 28.3 Å². The molecular weight excluding hydrogens is 454 g/mol. The van der Waals surface area contributed by atoms with Crippen molar-refractivity contribution in [2.45, 2.75) is 45.9 Å². The summed E-state index contributed by atoms with van der Waals surface area (Å²) in [4.78, 5) is 2.29. The standard InChI is InChI=1S/C23H30BrNO3.ClH/c1-15-11-16(2)17(3)22(12-15)28-14-21(26)13-25-9-10-27-23(18(25)4)19-5-7-20(24)8-6-19;/h5-8,11-12,18,21,23,26H,9-10,13-14H2,1-4H3;1H. The Balaban J connectivity index is 0.00000300. The summed E-state index contributed by atoms with van der Waals surface area (Å²) in [6.45, 7) is 10.7. The predicted octanol–water partition coefficient (Wildman–Crippen LogP) is 5.00. The molecule has 0 saturated carbocycles. The fourth-order valence-electron chi connectivity index (χ4n) is 3.78. The van der Waals surface area contributed by atoms with Crippen LogP contribution in [0.2, 0.25) is 0 Å². The number of rotatable bonds is 6. The van der Waals surface area contributed by atoms with Crippen molar-refractivity contribution in [3.05, 3.63) is 63.1 Å². The van der Waals surface area contributed by atoms with Crippen molar-refractivity contribution < 1.29 is 14.6 Å². The smallest absolute Gasteiger partial charge is 0.122 e. The van der Waals surface area contributed by atoms with E-state index >= 15 is 0 Å². The predicted molar refractivity (Wildman–Crippen MR) is 123 cm³/mol. The molecule has 0 spiro atoms. The summed E-state index contributed by atoms with van der Waals surface area (Å²) in [6, 6.07) is 12.6. The Morgan fingerprint density at radius 2 is 1.90 bits per heavy atom. The lowest BCUT2D eigenvalue weighted by Crippen LogP contribution is -2.49. The topological polar surface area (TPSA) is 41.9 Å². The number of β-amino-alcohol motifs (C(OH)–C–C–N with tert-alkyl or cyclic N) is 1. The average Bonchev–Trinajstić information content (AvgIpc) is 2.66. The Morgan fingerprint density at radius 3 is 2.59 bits per heavy atom. The minimum atomic E-state index is -0.550. The number of aryl methyl sites for hydroxylation is 2. The summed E-state index contributed by atoms with van der Waals surface area (Å²) in [6.07, 6.45) is -0.539. The van der Waals surface area contributed by atoms with Crippen molar-refractivity contribution >= 4 is 28.3 Å². The van der Waals surface area contributed by atoms with Crippen LogP contribution in [0.15, 0.2) is 40.9 Å². The second kappa shape index (κ2) is 10.8. The molecule has 1 aliphatic rings. The van der Waals surface area contributed by atoms with E-state index in [4.69, 9.17) is 9.47 Å². The number of ether oxygens (including phenoxy) is 2. The minimum absolute atomic E-state index is 0. The van der Waals surface area contributed by atoms with Gasteiger partial charge in [0.05, 0.1) is 12.7 Å². The fourth-order valence-corrected chi connectivity index (χ4v) is 4.04. The van der Waals surface area contributed by atoms with E-state index in [2.05, 4.69) is 66.7 Å². The normalized spacial score (nSPS) is 20.8. The third-order valence-corrected chi connectivity index (χ3v) is 6.06. The number of hydrogen-bond donors (Lipinski definition) is 1. The summed E-state index contributed by atoms with van der Waals surface area (Å²) in [7, 11) is 0. The average molecular weight is 485 g/mol. The van der Waals surface area contributed by atoms with E-state index in [1.54, 1.807) is 0 Å². The molecule has 3 atom stereocenters. The third kappa shape index (κ3) is 6.19. The molecule has 1 N–H and O–H groups in total. The van der Waals surface area contributed by atoms with Crippen LogP contribution in [-0.4, -0.2) is 48.5 Å². The Kier molecular flexibility index (Phi) is 8.98. The molecule has 4 nitrogen and oxygen atoms in total. The lowest BCUT2D eigenvalue weighted by Gasteiger charge is -2.40. The van der Waals surface area contributed by atoms with Crippen LogP contribution in [0.25, 0.3) is 0 Å². The van der Waals surface area contributed by atoms with E-state index < -0.39 is 6.10 Å². The maximum absolute atomic E-state index is 10.6. The summed E-state index contributed by atoms with van der Waals surface area (Å²) in [5.41, 5.74) is 4.68. The molecule has 1 heterocycles. The zero-order chi connectivity index (χ0) is 20.3. The lowest BCUT2D eigenvalue weighted by atomic mass is 10.0. The monoisotopic (exact) mass is 483 g/mol. The fraction of sp³-hybridized carbons (Fsp3) is 0.478. The van der Waals surface area contributed by atoms with Crippen LogP contribution in [-0.2, 0) is 4.74 Å². The first-order valence-electron chi connectivity index (χ1n) is 9.85. The molecule has 0 bridgehead atoms. The zero-order valence-corrected chi connectivity index (χ0v) is 19.9. The molecule has 1 saturated heterocycles. The van der Waals surface area contributed by atoms with Crippen LogP contribution in [0.3, 0.4) is 0 Å². The number of nitrogens with zero attached hydrogens (tertiary/aromatic N) is 1. The molecule has 0 aromatic heterocycles. The second-order valence-corrected chi connectivity index (χ2v) is 8.66. The largest absolute Gasteiger partial charge is 0.491 e.